The second kappa shape index (κ2) is 7.00. The fourth-order valence-corrected chi connectivity index (χ4v) is 3.93. The second-order valence-corrected chi connectivity index (χ2v) is 7.19. The molecule has 1 fully saturated rings. The van der Waals surface area contributed by atoms with Gasteiger partial charge >= 0.3 is 0 Å². The molecule has 1 aliphatic rings. The summed E-state index contributed by atoms with van der Waals surface area (Å²) in [6.45, 7) is 3.58. The lowest BCUT2D eigenvalue weighted by atomic mass is 10.2. The quantitative estimate of drug-likeness (QED) is 0.812. The Labute approximate surface area is 125 Å². The molecule has 0 atom stereocenters. The lowest BCUT2D eigenvalue weighted by Gasteiger charge is -2.34. The Hall–Kier alpha value is -1.47. The zero-order valence-electron chi connectivity index (χ0n) is 12.2. The molecule has 116 valence electrons. The van der Waals surface area contributed by atoms with Crippen LogP contribution in [0.3, 0.4) is 0 Å². The van der Waals surface area contributed by atoms with Crippen molar-refractivity contribution in [2.24, 2.45) is 0 Å². The SMILES string of the molecule is CCCCS(=O)(=O)N1CCN(C(=O)c2cccnc2)CC1. The van der Waals surface area contributed by atoms with Gasteiger partial charge in [0.15, 0.2) is 0 Å². The van der Waals surface area contributed by atoms with Gasteiger partial charge in [0.05, 0.1) is 11.3 Å². The van der Waals surface area contributed by atoms with Crippen molar-refractivity contribution in [1.82, 2.24) is 14.2 Å². The molecule has 1 aromatic rings. The Morgan fingerprint density at radius 1 is 1.29 bits per heavy atom. The molecular weight excluding hydrogens is 290 g/mol. The van der Waals surface area contributed by atoms with E-state index >= 15 is 0 Å². The van der Waals surface area contributed by atoms with Crippen LogP contribution in [0.2, 0.25) is 0 Å². The first-order chi connectivity index (χ1) is 10.0. The number of piperazine rings is 1. The molecule has 0 bridgehead atoms. The number of pyridine rings is 1. The molecule has 1 amide bonds. The average Bonchev–Trinajstić information content (AvgIpc) is 2.53. The van der Waals surface area contributed by atoms with E-state index in [1.54, 1.807) is 23.2 Å². The van der Waals surface area contributed by atoms with E-state index in [0.717, 1.165) is 6.42 Å². The second-order valence-electron chi connectivity index (χ2n) is 5.10. The highest BCUT2D eigenvalue weighted by Gasteiger charge is 2.28. The fraction of sp³-hybridized carbons (Fsp3) is 0.571. The maximum absolute atomic E-state index is 12.2. The standard InChI is InChI=1S/C14H21N3O3S/c1-2-3-11-21(19,20)17-9-7-16(8-10-17)14(18)13-5-4-6-15-12-13/h4-6,12H,2-3,7-11H2,1H3. The summed E-state index contributed by atoms with van der Waals surface area (Å²) in [6.07, 6.45) is 4.69. The van der Waals surface area contributed by atoms with Crippen LogP contribution < -0.4 is 0 Å². The van der Waals surface area contributed by atoms with Crippen molar-refractivity contribution in [3.63, 3.8) is 0 Å². The van der Waals surface area contributed by atoms with Crippen molar-refractivity contribution in [1.29, 1.82) is 0 Å². The first kappa shape index (κ1) is 15.9. The summed E-state index contributed by atoms with van der Waals surface area (Å²) in [4.78, 5) is 17.9. The van der Waals surface area contributed by atoms with Gasteiger partial charge in [0.2, 0.25) is 10.0 Å². The molecule has 7 heteroatoms. The number of carbonyl (C=O) groups is 1. The fourth-order valence-electron chi connectivity index (χ4n) is 2.30. The van der Waals surface area contributed by atoms with Gasteiger partial charge in [0, 0.05) is 38.6 Å². The Kier molecular flexibility index (Phi) is 5.30. The molecule has 0 aliphatic carbocycles. The number of carbonyl (C=O) groups excluding carboxylic acids is 1. The molecule has 1 saturated heterocycles. The third kappa shape index (κ3) is 4.01. The van der Waals surface area contributed by atoms with Gasteiger partial charge in [-0.15, -0.1) is 0 Å². The molecule has 0 saturated carbocycles. The monoisotopic (exact) mass is 311 g/mol. The maximum atomic E-state index is 12.2. The van der Waals surface area contributed by atoms with Crippen LogP contribution in [0.4, 0.5) is 0 Å². The smallest absolute Gasteiger partial charge is 0.255 e. The number of rotatable bonds is 5. The largest absolute Gasteiger partial charge is 0.336 e. The van der Waals surface area contributed by atoms with E-state index in [1.807, 2.05) is 6.92 Å². The number of aromatic nitrogens is 1. The zero-order valence-corrected chi connectivity index (χ0v) is 13.1. The molecule has 2 heterocycles. The first-order valence-electron chi connectivity index (χ1n) is 7.21. The van der Waals surface area contributed by atoms with Gasteiger partial charge in [0.25, 0.3) is 5.91 Å². The number of hydrogen-bond donors (Lipinski definition) is 0. The Morgan fingerprint density at radius 2 is 2.00 bits per heavy atom. The molecule has 0 N–H and O–H groups in total. The highest BCUT2D eigenvalue weighted by atomic mass is 32.2. The molecule has 1 aromatic heterocycles. The molecule has 0 aromatic carbocycles. The number of sulfonamides is 1. The highest BCUT2D eigenvalue weighted by Crippen LogP contribution is 2.12. The summed E-state index contributed by atoms with van der Waals surface area (Å²) in [5.41, 5.74) is 0.541. The van der Waals surface area contributed by atoms with Crippen LogP contribution in [0.25, 0.3) is 0 Å². The number of nitrogens with zero attached hydrogens (tertiary/aromatic N) is 3. The normalized spacial score (nSPS) is 16.9. The minimum Gasteiger partial charge on any atom is -0.336 e. The highest BCUT2D eigenvalue weighted by molar-refractivity contribution is 7.89. The lowest BCUT2D eigenvalue weighted by Crippen LogP contribution is -2.51. The number of hydrogen-bond acceptors (Lipinski definition) is 4. The summed E-state index contributed by atoms with van der Waals surface area (Å²) in [7, 11) is -3.18. The lowest BCUT2D eigenvalue weighted by molar-refractivity contribution is 0.0697. The van der Waals surface area contributed by atoms with Crippen LogP contribution in [0.1, 0.15) is 30.1 Å². The van der Waals surface area contributed by atoms with Gasteiger partial charge in [-0.25, -0.2) is 8.42 Å². The number of amides is 1. The van der Waals surface area contributed by atoms with Crippen LogP contribution in [0.15, 0.2) is 24.5 Å². The van der Waals surface area contributed by atoms with Gasteiger partial charge in [-0.3, -0.25) is 9.78 Å². The molecule has 0 radical (unpaired) electrons. The van der Waals surface area contributed by atoms with Gasteiger partial charge in [-0.05, 0) is 18.6 Å². The van der Waals surface area contributed by atoms with Crippen LogP contribution in [-0.4, -0.2) is 60.4 Å². The van der Waals surface area contributed by atoms with E-state index < -0.39 is 10.0 Å². The van der Waals surface area contributed by atoms with Gasteiger partial charge in [0.1, 0.15) is 0 Å². The summed E-state index contributed by atoms with van der Waals surface area (Å²) in [5, 5.41) is 0. The molecule has 1 aliphatic heterocycles. The predicted molar refractivity (Wildman–Crippen MR) is 80.4 cm³/mol. The Bertz CT molecular complexity index is 566. The maximum Gasteiger partial charge on any atom is 0.255 e. The first-order valence-corrected chi connectivity index (χ1v) is 8.82. The van der Waals surface area contributed by atoms with Gasteiger partial charge in [-0.2, -0.15) is 4.31 Å². The third-order valence-corrected chi connectivity index (χ3v) is 5.54. The van der Waals surface area contributed by atoms with Crippen LogP contribution in [-0.2, 0) is 10.0 Å². The third-order valence-electron chi connectivity index (χ3n) is 3.58. The Balaban J connectivity index is 1.93. The number of unbranched alkanes of at least 4 members (excludes halogenated alkanes) is 1. The van der Waals surface area contributed by atoms with E-state index in [9.17, 15) is 13.2 Å². The molecule has 2 rings (SSSR count). The van der Waals surface area contributed by atoms with E-state index in [1.165, 1.54) is 10.5 Å². The van der Waals surface area contributed by atoms with Gasteiger partial charge < -0.3 is 4.90 Å². The zero-order chi connectivity index (χ0) is 15.3. The van der Waals surface area contributed by atoms with E-state index in [4.69, 9.17) is 0 Å². The average molecular weight is 311 g/mol. The van der Waals surface area contributed by atoms with Crippen molar-refractivity contribution < 1.29 is 13.2 Å². The molecule has 6 nitrogen and oxygen atoms in total. The predicted octanol–water partition coefficient (Wildman–Crippen LogP) is 0.969. The van der Waals surface area contributed by atoms with Crippen molar-refractivity contribution in [3.8, 4) is 0 Å². The van der Waals surface area contributed by atoms with Gasteiger partial charge in [-0.1, -0.05) is 13.3 Å². The van der Waals surface area contributed by atoms with Crippen molar-refractivity contribution >= 4 is 15.9 Å². The van der Waals surface area contributed by atoms with Crippen LogP contribution in [0, 0.1) is 0 Å². The molecule has 21 heavy (non-hydrogen) atoms. The topological polar surface area (TPSA) is 70.6 Å². The van der Waals surface area contributed by atoms with E-state index in [2.05, 4.69) is 4.98 Å². The van der Waals surface area contributed by atoms with Crippen LogP contribution in [0.5, 0.6) is 0 Å². The van der Waals surface area contributed by atoms with Crippen LogP contribution >= 0.6 is 0 Å². The minimum absolute atomic E-state index is 0.0892. The van der Waals surface area contributed by atoms with Crippen molar-refractivity contribution in [2.75, 3.05) is 31.9 Å². The summed E-state index contributed by atoms with van der Waals surface area (Å²) in [5.74, 6) is 0.105. The van der Waals surface area contributed by atoms with Crippen molar-refractivity contribution in [3.05, 3.63) is 30.1 Å². The summed E-state index contributed by atoms with van der Waals surface area (Å²) in [6, 6.07) is 3.44. The van der Waals surface area contributed by atoms with Crippen molar-refractivity contribution in [2.45, 2.75) is 19.8 Å². The Morgan fingerprint density at radius 3 is 2.57 bits per heavy atom. The molecule has 0 unspecified atom stereocenters. The summed E-state index contributed by atoms with van der Waals surface area (Å²) >= 11 is 0. The molecular formula is C14H21N3O3S. The molecule has 0 spiro atoms. The van der Waals surface area contributed by atoms with E-state index in [0.29, 0.717) is 38.2 Å². The van der Waals surface area contributed by atoms with E-state index in [-0.39, 0.29) is 11.7 Å². The minimum atomic E-state index is -3.18. The summed E-state index contributed by atoms with van der Waals surface area (Å²) < 4.78 is 25.7.